The van der Waals surface area contributed by atoms with Crippen molar-refractivity contribution in [2.45, 2.75) is 19.9 Å². The molecule has 3 heterocycles. The molecule has 0 bridgehead atoms. The highest BCUT2D eigenvalue weighted by Crippen LogP contribution is 2.30. The van der Waals surface area contributed by atoms with Crippen molar-refractivity contribution in [3.63, 3.8) is 0 Å². The van der Waals surface area contributed by atoms with Gasteiger partial charge in [0.15, 0.2) is 5.13 Å². The quantitative estimate of drug-likeness (QED) is 0.910. The largest absolute Gasteiger partial charge is 0.366 e. The third-order valence-electron chi connectivity index (χ3n) is 3.04. The molecule has 0 radical (unpaired) electrons. The summed E-state index contributed by atoms with van der Waals surface area (Å²) in [6.07, 6.45) is 4.52. The maximum absolute atomic E-state index is 11.1. The summed E-state index contributed by atoms with van der Waals surface area (Å²) in [5, 5.41) is 3.46. The Kier molecular flexibility index (Phi) is 3.16. The summed E-state index contributed by atoms with van der Waals surface area (Å²) in [6, 6.07) is 4.03. The lowest BCUT2D eigenvalue weighted by Crippen LogP contribution is -2.29. The topological polar surface area (TPSA) is 58.1 Å². The SMILES string of the molecule is CC(=O)Nc1nc2c(s1)CN(c1ccncc1)CC2. The second kappa shape index (κ2) is 4.97. The van der Waals surface area contributed by atoms with Gasteiger partial charge < -0.3 is 10.2 Å². The lowest BCUT2D eigenvalue weighted by molar-refractivity contribution is -0.114. The molecule has 6 heteroatoms. The highest BCUT2D eigenvalue weighted by Gasteiger charge is 2.21. The Labute approximate surface area is 115 Å². The summed E-state index contributed by atoms with van der Waals surface area (Å²) in [7, 11) is 0. The highest BCUT2D eigenvalue weighted by atomic mass is 32.1. The van der Waals surface area contributed by atoms with Gasteiger partial charge >= 0.3 is 0 Å². The van der Waals surface area contributed by atoms with Gasteiger partial charge in [0.2, 0.25) is 5.91 Å². The van der Waals surface area contributed by atoms with Crippen LogP contribution in [0.5, 0.6) is 0 Å². The van der Waals surface area contributed by atoms with Gasteiger partial charge in [0.25, 0.3) is 0 Å². The second-order valence-electron chi connectivity index (χ2n) is 4.45. The fourth-order valence-corrected chi connectivity index (χ4v) is 3.24. The number of nitrogens with one attached hydrogen (secondary N) is 1. The summed E-state index contributed by atoms with van der Waals surface area (Å²) >= 11 is 1.56. The number of carbonyl (C=O) groups is 1. The molecule has 1 aliphatic rings. The molecule has 5 nitrogen and oxygen atoms in total. The van der Waals surface area contributed by atoms with Gasteiger partial charge in [-0.3, -0.25) is 9.78 Å². The zero-order valence-corrected chi connectivity index (χ0v) is 11.4. The number of thiazole rings is 1. The molecule has 0 saturated heterocycles. The zero-order chi connectivity index (χ0) is 13.2. The monoisotopic (exact) mass is 274 g/mol. The first-order valence-electron chi connectivity index (χ1n) is 6.13. The first-order chi connectivity index (χ1) is 9.22. The second-order valence-corrected chi connectivity index (χ2v) is 5.53. The van der Waals surface area contributed by atoms with Gasteiger partial charge in [-0.25, -0.2) is 4.98 Å². The van der Waals surface area contributed by atoms with Gasteiger partial charge in [0.1, 0.15) is 0 Å². The number of anilines is 2. The molecule has 0 atom stereocenters. The maximum atomic E-state index is 11.1. The molecule has 0 aromatic carbocycles. The molecule has 0 aliphatic carbocycles. The zero-order valence-electron chi connectivity index (χ0n) is 10.6. The molecular weight excluding hydrogens is 260 g/mol. The van der Waals surface area contributed by atoms with E-state index in [4.69, 9.17) is 0 Å². The van der Waals surface area contributed by atoms with E-state index in [0.29, 0.717) is 5.13 Å². The number of hydrogen-bond donors (Lipinski definition) is 1. The van der Waals surface area contributed by atoms with E-state index in [9.17, 15) is 4.79 Å². The van der Waals surface area contributed by atoms with Crippen LogP contribution in [0.1, 0.15) is 17.5 Å². The van der Waals surface area contributed by atoms with Gasteiger partial charge in [0, 0.05) is 42.8 Å². The van der Waals surface area contributed by atoms with Gasteiger partial charge in [-0.15, -0.1) is 0 Å². The summed E-state index contributed by atoms with van der Waals surface area (Å²) in [4.78, 5) is 23.1. The third kappa shape index (κ3) is 2.58. The van der Waals surface area contributed by atoms with Crippen molar-refractivity contribution >= 4 is 28.1 Å². The fourth-order valence-electron chi connectivity index (χ4n) is 2.17. The summed E-state index contributed by atoms with van der Waals surface area (Å²) < 4.78 is 0. The Morgan fingerprint density at radius 3 is 2.95 bits per heavy atom. The number of nitrogens with zero attached hydrogens (tertiary/aromatic N) is 3. The minimum atomic E-state index is -0.0721. The van der Waals surface area contributed by atoms with Gasteiger partial charge in [-0.05, 0) is 12.1 Å². The van der Waals surface area contributed by atoms with Crippen molar-refractivity contribution in [2.75, 3.05) is 16.8 Å². The van der Waals surface area contributed by atoms with Gasteiger partial charge in [-0.1, -0.05) is 11.3 Å². The maximum Gasteiger partial charge on any atom is 0.223 e. The summed E-state index contributed by atoms with van der Waals surface area (Å²) in [6.45, 7) is 3.29. The normalized spacial score (nSPS) is 14.1. The molecule has 0 spiro atoms. The molecule has 0 fully saturated rings. The lowest BCUT2D eigenvalue weighted by atomic mass is 10.1. The van der Waals surface area contributed by atoms with Gasteiger partial charge in [0.05, 0.1) is 12.2 Å². The number of aromatic nitrogens is 2. The number of rotatable bonds is 2. The van der Waals surface area contributed by atoms with Crippen LogP contribution in [0.25, 0.3) is 0 Å². The number of fused-ring (bicyclic) bond motifs is 1. The third-order valence-corrected chi connectivity index (χ3v) is 4.04. The van der Waals surface area contributed by atoms with Crippen molar-refractivity contribution < 1.29 is 4.79 Å². The van der Waals surface area contributed by atoms with E-state index in [1.54, 1.807) is 23.7 Å². The van der Waals surface area contributed by atoms with Crippen molar-refractivity contribution in [3.05, 3.63) is 35.1 Å². The molecule has 1 aliphatic heterocycles. The summed E-state index contributed by atoms with van der Waals surface area (Å²) in [5.41, 5.74) is 2.29. The highest BCUT2D eigenvalue weighted by molar-refractivity contribution is 7.15. The van der Waals surface area contributed by atoms with E-state index in [2.05, 4.69) is 20.2 Å². The predicted molar refractivity (Wildman–Crippen MR) is 75.4 cm³/mol. The Balaban J connectivity index is 1.80. The first kappa shape index (κ1) is 12.1. The van der Waals surface area contributed by atoms with E-state index in [1.807, 2.05) is 12.1 Å². The fraction of sp³-hybridized carbons (Fsp3) is 0.308. The molecule has 2 aromatic rings. The molecule has 0 saturated carbocycles. The predicted octanol–water partition coefficient (Wildman–Crippen LogP) is 2.06. The van der Waals surface area contributed by atoms with Crippen LogP contribution in [0.3, 0.4) is 0 Å². The van der Waals surface area contributed by atoms with Gasteiger partial charge in [-0.2, -0.15) is 0 Å². The Bertz CT molecular complexity index is 596. The molecular formula is C13H14N4OS. The minimum Gasteiger partial charge on any atom is -0.366 e. The van der Waals surface area contributed by atoms with Crippen molar-refractivity contribution in [2.24, 2.45) is 0 Å². The Hall–Kier alpha value is -1.95. The van der Waals surface area contributed by atoms with E-state index >= 15 is 0 Å². The van der Waals surface area contributed by atoms with Crippen LogP contribution in [0.2, 0.25) is 0 Å². The standard InChI is InChI=1S/C13H14N4OS/c1-9(18)15-13-16-11-4-7-17(8-12(11)19-13)10-2-5-14-6-3-10/h2-3,5-6H,4,7-8H2,1H3,(H,15,16,18). The van der Waals surface area contributed by atoms with Crippen molar-refractivity contribution in [1.29, 1.82) is 0 Å². The molecule has 0 unspecified atom stereocenters. The molecule has 19 heavy (non-hydrogen) atoms. The Morgan fingerprint density at radius 2 is 2.21 bits per heavy atom. The molecule has 1 N–H and O–H groups in total. The van der Waals surface area contributed by atoms with E-state index < -0.39 is 0 Å². The van der Waals surface area contributed by atoms with Crippen molar-refractivity contribution in [3.8, 4) is 0 Å². The van der Waals surface area contributed by atoms with Crippen LogP contribution in [0.15, 0.2) is 24.5 Å². The van der Waals surface area contributed by atoms with Crippen LogP contribution in [0.4, 0.5) is 10.8 Å². The molecule has 98 valence electrons. The average molecular weight is 274 g/mol. The van der Waals surface area contributed by atoms with E-state index in [-0.39, 0.29) is 5.91 Å². The lowest BCUT2D eigenvalue weighted by Gasteiger charge is -2.27. The number of pyridine rings is 1. The molecule has 2 aromatic heterocycles. The van der Waals surface area contributed by atoms with Crippen LogP contribution in [-0.4, -0.2) is 22.4 Å². The van der Waals surface area contributed by atoms with Crippen LogP contribution in [-0.2, 0) is 17.8 Å². The van der Waals surface area contributed by atoms with E-state index in [0.717, 1.165) is 25.2 Å². The molecule has 3 rings (SSSR count). The van der Waals surface area contributed by atoms with Crippen molar-refractivity contribution in [1.82, 2.24) is 9.97 Å². The minimum absolute atomic E-state index is 0.0721. The first-order valence-corrected chi connectivity index (χ1v) is 6.95. The molecule has 1 amide bonds. The Morgan fingerprint density at radius 1 is 1.42 bits per heavy atom. The number of carbonyl (C=O) groups excluding carboxylic acids is 1. The number of hydrogen-bond acceptors (Lipinski definition) is 5. The van der Waals surface area contributed by atoms with Crippen LogP contribution >= 0.6 is 11.3 Å². The number of amides is 1. The summed E-state index contributed by atoms with van der Waals surface area (Å²) in [5.74, 6) is -0.0721. The van der Waals surface area contributed by atoms with E-state index in [1.165, 1.54) is 17.5 Å². The smallest absolute Gasteiger partial charge is 0.223 e. The van der Waals surface area contributed by atoms with Crippen LogP contribution < -0.4 is 10.2 Å². The van der Waals surface area contributed by atoms with Crippen LogP contribution in [0, 0.1) is 0 Å². The average Bonchev–Trinajstić information content (AvgIpc) is 2.79.